The molecule has 20 heavy (non-hydrogen) atoms. The van der Waals surface area contributed by atoms with Gasteiger partial charge in [0.15, 0.2) is 0 Å². The third-order valence-electron chi connectivity index (χ3n) is 2.87. The second kappa shape index (κ2) is 6.79. The van der Waals surface area contributed by atoms with E-state index in [0.29, 0.717) is 21.9 Å². The normalized spacial score (nSPS) is 11.1. The summed E-state index contributed by atoms with van der Waals surface area (Å²) in [6.45, 7) is 6.12. The monoisotopic (exact) mass is 326 g/mol. The van der Waals surface area contributed by atoms with Gasteiger partial charge in [-0.25, -0.2) is 9.97 Å². The van der Waals surface area contributed by atoms with E-state index in [4.69, 9.17) is 23.2 Å². The quantitative estimate of drug-likeness (QED) is 0.547. The van der Waals surface area contributed by atoms with E-state index < -0.39 is 0 Å². The zero-order valence-electron chi connectivity index (χ0n) is 11.7. The largest absolute Gasteiger partial charge is 0.220 e. The summed E-state index contributed by atoms with van der Waals surface area (Å²) >= 11 is 14.0. The van der Waals surface area contributed by atoms with Crippen LogP contribution in [0.4, 0.5) is 0 Å². The standard InChI is InChI=1S/C15H16Cl2N2S/c1-9(2)13-14(16)18-12(19-15(13)17)8-20-11-6-4-10(3)5-7-11/h4-7,9H,8H2,1-3H3. The maximum Gasteiger partial charge on any atom is 0.142 e. The number of thioether (sulfide) groups is 1. The van der Waals surface area contributed by atoms with Gasteiger partial charge in [-0.1, -0.05) is 54.7 Å². The Kier molecular flexibility index (Phi) is 5.30. The molecule has 2 nitrogen and oxygen atoms in total. The third-order valence-corrected chi connectivity index (χ3v) is 4.45. The second-order valence-corrected chi connectivity index (χ2v) is 6.66. The molecule has 2 rings (SSSR count). The average molecular weight is 327 g/mol. The molecule has 2 aromatic rings. The highest BCUT2D eigenvalue weighted by molar-refractivity contribution is 7.98. The molecular weight excluding hydrogens is 311 g/mol. The van der Waals surface area contributed by atoms with E-state index in [0.717, 1.165) is 5.56 Å². The fourth-order valence-corrected chi connectivity index (χ4v) is 3.39. The van der Waals surface area contributed by atoms with Gasteiger partial charge in [-0.05, 0) is 25.0 Å². The molecule has 0 saturated heterocycles. The van der Waals surface area contributed by atoms with Crippen LogP contribution >= 0.6 is 35.0 Å². The summed E-state index contributed by atoms with van der Waals surface area (Å²) < 4.78 is 0. The predicted molar refractivity (Wildman–Crippen MR) is 86.9 cm³/mol. The molecule has 0 amide bonds. The van der Waals surface area contributed by atoms with Crippen molar-refractivity contribution in [3.05, 3.63) is 51.5 Å². The van der Waals surface area contributed by atoms with Gasteiger partial charge in [-0.15, -0.1) is 11.8 Å². The lowest BCUT2D eigenvalue weighted by molar-refractivity contribution is 0.837. The number of halogens is 2. The first-order valence-corrected chi connectivity index (χ1v) is 8.13. The van der Waals surface area contributed by atoms with Gasteiger partial charge in [-0.3, -0.25) is 0 Å². The van der Waals surface area contributed by atoms with E-state index in [9.17, 15) is 0 Å². The van der Waals surface area contributed by atoms with E-state index in [2.05, 4.69) is 41.2 Å². The first-order chi connectivity index (χ1) is 9.47. The summed E-state index contributed by atoms with van der Waals surface area (Å²) in [5.74, 6) is 1.53. The maximum absolute atomic E-state index is 6.19. The highest BCUT2D eigenvalue weighted by atomic mass is 35.5. The predicted octanol–water partition coefficient (Wildman–Crippen LogP) is 5.51. The number of rotatable bonds is 4. The summed E-state index contributed by atoms with van der Waals surface area (Å²) in [5, 5.41) is 0.916. The van der Waals surface area contributed by atoms with Gasteiger partial charge in [0.2, 0.25) is 0 Å². The van der Waals surface area contributed by atoms with Crippen LogP contribution in [-0.2, 0) is 5.75 Å². The van der Waals surface area contributed by atoms with Crippen LogP contribution in [0.2, 0.25) is 10.3 Å². The Morgan fingerprint density at radius 2 is 1.60 bits per heavy atom. The molecule has 0 radical (unpaired) electrons. The molecule has 1 aromatic heterocycles. The molecule has 0 aliphatic carbocycles. The molecule has 0 bridgehead atoms. The van der Waals surface area contributed by atoms with Crippen LogP contribution in [0, 0.1) is 6.92 Å². The summed E-state index contributed by atoms with van der Waals surface area (Å²) in [4.78, 5) is 9.85. The summed E-state index contributed by atoms with van der Waals surface area (Å²) in [6.07, 6.45) is 0. The number of benzene rings is 1. The SMILES string of the molecule is Cc1ccc(SCc2nc(Cl)c(C(C)C)c(Cl)n2)cc1. The Morgan fingerprint density at radius 1 is 1.05 bits per heavy atom. The molecule has 0 aliphatic rings. The Labute approximate surface area is 133 Å². The van der Waals surface area contributed by atoms with Crippen molar-refractivity contribution in [2.75, 3.05) is 0 Å². The minimum atomic E-state index is 0.216. The Balaban J connectivity index is 2.12. The van der Waals surface area contributed by atoms with Crippen molar-refractivity contribution in [2.24, 2.45) is 0 Å². The third kappa shape index (κ3) is 3.87. The van der Waals surface area contributed by atoms with Crippen molar-refractivity contribution < 1.29 is 0 Å². The Morgan fingerprint density at radius 3 is 2.10 bits per heavy atom. The summed E-state index contributed by atoms with van der Waals surface area (Å²) in [7, 11) is 0. The topological polar surface area (TPSA) is 25.8 Å². The molecule has 0 atom stereocenters. The Bertz CT molecular complexity index is 574. The lowest BCUT2D eigenvalue weighted by atomic mass is 10.1. The molecule has 0 aliphatic heterocycles. The van der Waals surface area contributed by atoms with Crippen LogP contribution in [0.3, 0.4) is 0 Å². The minimum absolute atomic E-state index is 0.216. The van der Waals surface area contributed by atoms with Crippen molar-refractivity contribution >= 4 is 35.0 Å². The molecule has 0 saturated carbocycles. The molecule has 0 fully saturated rings. The second-order valence-electron chi connectivity index (χ2n) is 4.89. The van der Waals surface area contributed by atoms with E-state index in [1.807, 2.05) is 13.8 Å². The van der Waals surface area contributed by atoms with Crippen LogP contribution in [0.1, 0.15) is 36.7 Å². The Hall–Kier alpha value is -0.770. The van der Waals surface area contributed by atoms with Gasteiger partial charge in [0.25, 0.3) is 0 Å². The highest BCUT2D eigenvalue weighted by Crippen LogP contribution is 2.30. The summed E-state index contributed by atoms with van der Waals surface area (Å²) in [5.41, 5.74) is 2.07. The first-order valence-electron chi connectivity index (χ1n) is 6.38. The molecule has 5 heteroatoms. The number of aromatic nitrogens is 2. The lowest BCUT2D eigenvalue weighted by Gasteiger charge is -2.10. The molecule has 0 unspecified atom stereocenters. The zero-order chi connectivity index (χ0) is 14.7. The highest BCUT2D eigenvalue weighted by Gasteiger charge is 2.14. The van der Waals surface area contributed by atoms with Gasteiger partial charge in [-0.2, -0.15) is 0 Å². The van der Waals surface area contributed by atoms with Gasteiger partial charge in [0.1, 0.15) is 16.1 Å². The van der Waals surface area contributed by atoms with Crippen LogP contribution in [0.15, 0.2) is 29.2 Å². The smallest absolute Gasteiger partial charge is 0.142 e. The number of aryl methyl sites for hydroxylation is 1. The minimum Gasteiger partial charge on any atom is -0.220 e. The molecule has 1 heterocycles. The van der Waals surface area contributed by atoms with Crippen molar-refractivity contribution in [1.29, 1.82) is 0 Å². The van der Waals surface area contributed by atoms with Gasteiger partial charge < -0.3 is 0 Å². The van der Waals surface area contributed by atoms with Gasteiger partial charge in [0.05, 0.1) is 5.75 Å². The number of nitrogens with zero attached hydrogens (tertiary/aromatic N) is 2. The van der Waals surface area contributed by atoms with Gasteiger partial charge in [0, 0.05) is 10.5 Å². The van der Waals surface area contributed by atoms with Gasteiger partial charge >= 0.3 is 0 Å². The van der Waals surface area contributed by atoms with Crippen molar-refractivity contribution in [3.8, 4) is 0 Å². The zero-order valence-corrected chi connectivity index (χ0v) is 14.0. The first kappa shape index (κ1) is 15.6. The van der Waals surface area contributed by atoms with Crippen LogP contribution in [0.25, 0.3) is 0 Å². The number of hydrogen-bond donors (Lipinski definition) is 0. The molecule has 106 valence electrons. The van der Waals surface area contributed by atoms with E-state index in [-0.39, 0.29) is 5.92 Å². The van der Waals surface area contributed by atoms with Crippen molar-refractivity contribution in [3.63, 3.8) is 0 Å². The number of hydrogen-bond acceptors (Lipinski definition) is 3. The molecule has 0 N–H and O–H groups in total. The fourth-order valence-electron chi connectivity index (χ4n) is 1.78. The lowest BCUT2D eigenvalue weighted by Crippen LogP contribution is -2.01. The van der Waals surface area contributed by atoms with Crippen LogP contribution in [-0.4, -0.2) is 9.97 Å². The average Bonchev–Trinajstić information content (AvgIpc) is 2.37. The van der Waals surface area contributed by atoms with E-state index >= 15 is 0 Å². The van der Waals surface area contributed by atoms with Crippen LogP contribution in [0.5, 0.6) is 0 Å². The van der Waals surface area contributed by atoms with Crippen molar-refractivity contribution in [1.82, 2.24) is 9.97 Å². The summed E-state index contributed by atoms with van der Waals surface area (Å²) in [6, 6.07) is 8.35. The molecular formula is C15H16Cl2N2S. The fraction of sp³-hybridized carbons (Fsp3) is 0.333. The van der Waals surface area contributed by atoms with E-state index in [1.165, 1.54) is 10.5 Å². The maximum atomic E-state index is 6.19. The van der Waals surface area contributed by atoms with E-state index in [1.54, 1.807) is 11.8 Å². The van der Waals surface area contributed by atoms with Crippen LogP contribution < -0.4 is 0 Å². The van der Waals surface area contributed by atoms with Crippen molar-refractivity contribution in [2.45, 2.75) is 37.3 Å². The molecule has 0 spiro atoms. The molecule has 1 aromatic carbocycles.